The second kappa shape index (κ2) is 9.15. The van der Waals surface area contributed by atoms with Gasteiger partial charge in [0.2, 0.25) is 5.88 Å². The maximum absolute atomic E-state index is 6.17. The van der Waals surface area contributed by atoms with Gasteiger partial charge in [0.25, 0.3) is 0 Å². The van der Waals surface area contributed by atoms with Gasteiger partial charge in [0.1, 0.15) is 17.4 Å². The third-order valence-electron chi connectivity index (χ3n) is 4.63. The fraction of sp³-hybridized carbons (Fsp3) is 0.240. The molecule has 0 aliphatic carbocycles. The zero-order valence-corrected chi connectivity index (χ0v) is 18.0. The van der Waals surface area contributed by atoms with Gasteiger partial charge in [-0.2, -0.15) is 0 Å². The zero-order valence-electron chi connectivity index (χ0n) is 17.3. The minimum atomic E-state index is 0.0978. The second-order valence-corrected chi connectivity index (χ2v) is 8.16. The molecule has 0 saturated heterocycles. The second-order valence-electron chi connectivity index (χ2n) is 7.76. The molecule has 0 unspecified atom stereocenters. The van der Waals surface area contributed by atoms with Crippen molar-refractivity contribution in [2.45, 2.75) is 26.2 Å². The summed E-state index contributed by atoms with van der Waals surface area (Å²) in [7, 11) is 1.57. The van der Waals surface area contributed by atoms with Gasteiger partial charge in [-0.25, -0.2) is 4.98 Å². The number of aromatic nitrogens is 1. The molecule has 0 N–H and O–H groups in total. The summed E-state index contributed by atoms with van der Waals surface area (Å²) in [5.41, 5.74) is 4.19. The SMILES string of the molecule is COc1nc(/C(=C/COc2ccccc2)c2ccc(C(C)(C)C)cc2)ccc1Cl. The molecule has 0 fully saturated rings. The Bertz CT molecular complexity index is 974. The molecular formula is C25H26ClNO2. The van der Waals surface area contributed by atoms with Crippen LogP contribution >= 0.6 is 11.6 Å². The highest BCUT2D eigenvalue weighted by molar-refractivity contribution is 6.31. The Morgan fingerprint density at radius 3 is 2.28 bits per heavy atom. The van der Waals surface area contributed by atoms with Crippen LogP contribution in [0.5, 0.6) is 11.6 Å². The van der Waals surface area contributed by atoms with Gasteiger partial charge in [-0.1, -0.05) is 74.8 Å². The molecular weight excluding hydrogens is 382 g/mol. The van der Waals surface area contributed by atoms with E-state index < -0.39 is 0 Å². The summed E-state index contributed by atoms with van der Waals surface area (Å²) in [6.07, 6.45) is 2.04. The van der Waals surface area contributed by atoms with Crippen molar-refractivity contribution in [2.24, 2.45) is 0 Å². The summed E-state index contributed by atoms with van der Waals surface area (Å²) in [5.74, 6) is 1.23. The quantitative estimate of drug-likeness (QED) is 0.464. The molecule has 0 bridgehead atoms. The van der Waals surface area contributed by atoms with Crippen LogP contribution in [0.3, 0.4) is 0 Å². The number of ether oxygens (including phenoxy) is 2. The Morgan fingerprint density at radius 2 is 1.66 bits per heavy atom. The molecule has 0 radical (unpaired) electrons. The lowest BCUT2D eigenvalue weighted by atomic mass is 9.86. The van der Waals surface area contributed by atoms with E-state index in [0.29, 0.717) is 17.5 Å². The fourth-order valence-electron chi connectivity index (χ4n) is 2.97. The minimum Gasteiger partial charge on any atom is -0.490 e. The standard InChI is InChI=1S/C25H26ClNO2/c1-25(2,3)19-12-10-18(11-13-19)21(16-17-29-20-8-6-5-7-9-20)23-15-14-22(26)24(27-23)28-4/h5-16H,17H2,1-4H3/b21-16+. The van der Waals surface area contributed by atoms with Crippen LogP contribution in [0, 0.1) is 0 Å². The largest absolute Gasteiger partial charge is 0.490 e. The lowest BCUT2D eigenvalue weighted by molar-refractivity contribution is 0.363. The van der Waals surface area contributed by atoms with Crippen molar-refractivity contribution < 1.29 is 9.47 Å². The van der Waals surface area contributed by atoms with Gasteiger partial charge in [-0.05, 0) is 46.9 Å². The van der Waals surface area contributed by atoms with Gasteiger partial charge < -0.3 is 9.47 Å². The molecule has 3 rings (SSSR count). The highest BCUT2D eigenvalue weighted by Crippen LogP contribution is 2.30. The van der Waals surface area contributed by atoms with Crippen LogP contribution in [0.25, 0.3) is 5.57 Å². The molecule has 1 aromatic heterocycles. The molecule has 2 aromatic carbocycles. The summed E-state index contributed by atoms with van der Waals surface area (Å²) < 4.78 is 11.2. The number of halogens is 1. The summed E-state index contributed by atoms with van der Waals surface area (Å²) in [5, 5.41) is 0.485. The molecule has 29 heavy (non-hydrogen) atoms. The summed E-state index contributed by atoms with van der Waals surface area (Å²) in [6, 6.07) is 22.0. The first-order chi connectivity index (χ1) is 13.9. The molecule has 0 spiro atoms. The van der Waals surface area contributed by atoms with E-state index in [4.69, 9.17) is 21.1 Å². The third kappa shape index (κ3) is 5.39. The lowest BCUT2D eigenvalue weighted by Crippen LogP contribution is -2.10. The topological polar surface area (TPSA) is 31.4 Å². The Kier molecular flexibility index (Phi) is 6.60. The van der Waals surface area contributed by atoms with Crippen LogP contribution in [0.2, 0.25) is 5.02 Å². The predicted molar refractivity (Wildman–Crippen MR) is 120 cm³/mol. The van der Waals surface area contributed by atoms with E-state index in [1.54, 1.807) is 13.2 Å². The van der Waals surface area contributed by atoms with Crippen molar-refractivity contribution in [3.63, 3.8) is 0 Å². The summed E-state index contributed by atoms with van der Waals surface area (Å²) >= 11 is 6.17. The van der Waals surface area contributed by atoms with E-state index in [1.807, 2.05) is 42.5 Å². The van der Waals surface area contributed by atoms with Gasteiger partial charge in [0.05, 0.1) is 12.8 Å². The van der Waals surface area contributed by atoms with Gasteiger partial charge in [0.15, 0.2) is 0 Å². The van der Waals surface area contributed by atoms with Crippen molar-refractivity contribution in [3.05, 3.63) is 94.6 Å². The van der Waals surface area contributed by atoms with Crippen LogP contribution in [0.15, 0.2) is 72.8 Å². The molecule has 3 aromatic rings. The fourth-order valence-corrected chi connectivity index (χ4v) is 3.16. The van der Waals surface area contributed by atoms with E-state index in [0.717, 1.165) is 22.6 Å². The number of hydrogen-bond donors (Lipinski definition) is 0. The normalized spacial score (nSPS) is 12.0. The number of rotatable bonds is 6. The average molecular weight is 408 g/mol. The number of hydrogen-bond acceptors (Lipinski definition) is 3. The van der Waals surface area contributed by atoms with Gasteiger partial charge in [-0.15, -0.1) is 0 Å². The summed E-state index contributed by atoms with van der Waals surface area (Å²) in [4.78, 5) is 4.59. The van der Waals surface area contributed by atoms with Gasteiger partial charge >= 0.3 is 0 Å². The Hall–Kier alpha value is -2.78. The van der Waals surface area contributed by atoms with Gasteiger partial charge in [0, 0.05) is 5.57 Å². The van der Waals surface area contributed by atoms with Crippen LogP contribution in [0.1, 0.15) is 37.6 Å². The van der Waals surface area contributed by atoms with Crippen LogP contribution in [0.4, 0.5) is 0 Å². The van der Waals surface area contributed by atoms with Crippen molar-refractivity contribution in [3.8, 4) is 11.6 Å². The molecule has 0 aliphatic rings. The number of nitrogens with zero attached hydrogens (tertiary/aromatic N) is 1. The Labute approximate surface area is 178 Å². The van der Waals surface area contributed by atoms with E-state index in [1.165, 1.54) is 5.56 Å². The molecule has 1 heterocycles. The van der Waals surface area contributed by atoms with Crippen molar-refractivity contribution in [1.29, 1.82) is 0 Å². The highest BCUT2D eigenvalue weighted by Gasteiger charge is 2.15. The maximum atomic E-state index is 6.17. The van der Waals surface area contributed by atoms with E-state index in [2.05, 4.69) is 50.0 Å². The van der Waals surface area contributed by atoms with Crippen molar-refractivity contribution in [2.75, 3.05) is 13.7 Å². The minimum absolute atomic E-state index is 0.0978. The highest BCUT2D eigenvalue weighted by atomic mass is 35.5. The lowest BCUT2D eigenvalue weighted by Gasteiger charge is -2.19. The first-order valence-electron chi connectivity index (χ1n) is 9.58. The Morgan fingerprint density at radius 1 is 0.966 bits per heavy atom. The van der Waals surface area contributed by atoms with E-state index in [-0.39, 0.29) is 5.41 Å². The molecule has 150 valence electrons. The summed E-state index contributed by atoms with van der Waals surface area (Å²) in [6.45, 7) is 7.04. The van der Waals surface area contributed by atoms with Crippen molar-refractivity contribution >= 4 is 17.2 Å². The average Bonchev–Trinajstić information content (AvgIpc) is 2.72. The number of para-hydroxylation sites is 1. The van der Waals surface area contributed by atoms with Crippen LogP contribution in [-0.4, -0.2) is 18.7 Å². The van der Waals surface area contributed by atoms with E-state index >= 15 is 0 Å². The number of benzene rings is 2. The molecule has 0 saturated carbocycles. The van der Waals surface area contributed by atoms with Crippen LogP contribution in [-0.2, 0) is 5.41 Å². The monoisotopic (exact) mass is 407 g/mol. The first kappa shape index (κ1) is 20.9. The van der Waals surface area contributed by atoms with Crippen LogP contribution < -0.4 is 9.47 Å². The number of methoxy groups -OCH3 is 1. The first-order valence-corrected chi connectivity index (χ1v) is 9.96. The maximum Gasteiger partial charge on any atom is 0.232 e. The van der Waals surface area contributed by atoms with Crippen molar-refractivity contribution in [1.82, 2.24) is 4.98 Å². The molecule has 4 heteroatoms. The van der Waals surface area contributed by atoms with E-state index in [9.17, 15) is 0 Å². The molecule has 0 aliphatic heterocycles. The number of pyridine rings is 1. The Balaban J connectivity index is 1.96. The molecule has 0 atom stereocenters. The predicted octanol–water partition coefficient (Wildman–Crippen LogP) is 6.55. The molecule has 0 amide bonds. The zero-order chi connectivity index (χ0) is 20.9. The third-order valence-corrected chi connectivity index (χ3v) is 4.91. The van der Waals surface area contributed by atoms with Gasteiger partial charge in [-0.3, -0.25) is 0 Å². The smallest absolute Gasteiger partial charge is 0.232 e. The molecule has 3 nitrogen and oxygen atoms in total.